The Morgan fingerprint density at radius 2 is 1.78 bits per heavy atom. The maximum Gasteiger partial charge on any atom is 0.335 e. The van der Waals surface area contributed by atoms with Gasteiger partial charge in [0.2, 0.25) is 0 Å². The molecule has 2 N–H and O–H groups in total. The average Bonchev–Trinajstić information content (AvgIpc) is 2.88. The number of ether oxygens (including phenoxy) is 1. The van der Waals surface area contributed by atoms with E-state index in [1.54, 1.807) is 0 Å². The number of halogens is 1. The van der Waals surface area contributed by atoms with Crippen molar-refractivity contribution in [3.8, 4) is 5.75 Å². The van der Waals surface area contributed by atoms with Gasteiger partial charge in [-0.05, 0) is 72.8 Å². The van der Waals surface area contributed by atoms with E-state index in [-0.39, 0.29) is 30.5 Å². The Balaban J connectivity index is 0.00000304. The molecule has 4 nitrogen and oxygen atoms in total. The van der Waals surface area contributed by atoms with Crippen LogP contribution >= 0.6 is 12.4 Å². The number of hydrogen-bond donors (Lipinski definition) is 2. The first-order valence-electron chi connectivity index (χ1n) is 12.3. The molecule has 0 aromatic heterocycles. The van der Waals surface area contributed by atoms with Gasteiger partial charge in [0.05, 0.1) is 5.56 Å². The Labute approximate surface area is 218 Å². The number of aryl methyl sites for hydroxylation is 1. The summed E-state index contributed by atoms with van der Waals surface area (Å²) < 4.78 is 6.39. The molecule has 1 aliphatic rings. The fraction of sp³-hybridized carbons (Fsp3) is 0.258. The topological polar surface area (TPSA) is 58.6 Å². The van der Waals surface area contributed by atoms with E-state index in [9.17, 15) is 9.90 Å². The van der Waals surface area contributed by atoms with Gasteiger partial charge in [0.15, 0.2) is 0 Å². The van der Waals surface area contributed by atoms with E-state index in [2.05, 4.69) is 66.8 Å². The zero-order valence-electron chi connectivity index (χ0n) is 20.6. The molecule has 3 atom stereocenters. The number of para-hydroxylation sites is 1. The minimum Gasteiger partial charge on any atom is -0.490 e. The van der Waals surface area contributed by atoms with Crippen molar-refractivity contribution in [3.05, 3.63) is 113 Å². The van der Waals surface area contributed by atoms with Crippen molar-refractivity contribution in [3.63, 3.8) is 0 Å². The van der Waals surface area contributed by atoms with Crippen LogP contribution in [0.25, 0.3) is 10.8 Å². The molecular formula is C31H32ClNO3. The lowest BCUT2D eigenvalue weighted by atomic mass is 9.82. The monoisotopic (exact) mass is 501 g/mol. The molecule has 1 aliphatic heterocycles. The molecule has 2 unspecified atom stereocenters. The summed E-state index contributed by atoms with van der Waals surface area (Å²) >= 11 is 0. The van der Waals surface area contributed by atoms with Gasteiger partial charge < -0.3 is 15.2 Å². The van der Waals surface area contributed by atoms with Crippen LogP contribution in [0.5, 0.6) is 5.75 Å². The zero-order valence-corrected chi connectivity index (χ0v) is 21.4. The molecule has 0 bridgehead atoms. The SMILES string of the molecule is Cc1ccc(C2CC(CCN[C@H](C)c3cccc4ccccc34)Oc3ccccc32)cc1C(=O)O.Cl. The summed E-state index contributed by atoms with van der Waals surface area (Å²) in [4.78, 5) is 11.7. The molecule has 0 saturated heterocycles. The molecule has 36 heavy (non-hydrogen) atoms. The first kappa shape index (κ1) is 25.7. The van der Waals surface area contributed by atoms with Crippen molar-refractivity contribution >= 4 is 29.1 Å². The second-order valence-corrected chi connectivity index (χ2v) is 9.48. The van der Waals surface area contributed by atoms with Crippen molar-refractivity contribution in [2.45, 2.75) is 44.8 Å². The van der Waals surface area contributed by atoms with Gasteiger partial charge in [-0.15, -0.1) is 12.4 Å². The number of nitrogens with one attached hydrogen (secondary N) is 1. The molecule has 4 aromatic carbocycles. The third-order valence-electron chi connectivity index (χ3n) is 7.19. The average molecular weight is 502 g/mol. The van der Waals surface area contributed by atoms with E-state index >= 15 is 0 Å². The molecule has 0 aliphatic carbocycles. The van der Waals surface area contributed by atoms with Gasteiger partial charge in [0, 0.05) is 17.5 Å². The molecule has 4 aromatic rings. The quantitative estimate of drug-likeness (QED) is 0.279. The van der Waals surface area contributed by atoms with E-state index in [4.69, 9.17) is 4.74 Å². The molecule has 186 valence electrons. The van der Waals surface area contributed by atoms with Crippen molar-refractivity contribution in [2.24, 2.45) is 0 Å². The number of aromatic carboxylic acids is 1. The van der Waals surface area contributed by atoms with Gasteiger partial charge in [-0.25, -0.2) is 4.79 Å². The van der Waals surface area contributed by atoms with Crippen LogP contribution in [0.15, 0.2) is 84.9 Å². The molecule has 0 fully saturated rings. The van der Waals surface area contributed by atoms with Crippen LogP contribution in [0.4, 0.5) is 0 Å². The highest BCUT2D eigenvalue weighted by Crippen LogP contribution is 2.41. The fourth-order valence-electron chi connectivity index (χ4n) is 5.27. The summed E-state index contributed by atoms with van der Waals surface area (Å²) in [7, 11) is 0. The van der Waals surface area contributed by atoms with Gasteiger partial charge in [0.25, 0.3) is 0 Å². The Kier molecular flexibility index (Phi) is 7.97. The molecule has 5 heteroatoms. The predicted molar refractivity (Wildman–Crippen MR) is 148 cm³/mol. The smallest absolute Gasteiger partial charge is 0.335 e. The van der Waals surface area contributed by atoms with Gasteiger partial charge in [-0.3, -0.25) is 0 Å². The molecule has 0 radical (unpaired) electrons. The van der Waals surface area contributed by atoms with E-state index in [0.717, 1.165) is 41.8 Å². The van der Waals surface area contributed by atoms with Crippen molar-refractivity contribution < 1.29 is 14.6 Å². The van der Waals surface area contributed by atoms with Gasteiger partial charge >= 0.3 is 5.97 Å². The Morgan fingerprint density at radius 1 is 1.03 bits per heavy atom. The highest BCUT2D eigenvalue weighted by atomic mass is 35.5. The van der Waals surface area contributed by atoms with E-state index in [0.29, 0.717) is 5.56 Å². The molecule has 5 rings (SSSR count). The van der Waals surface area contributed by atoms with Crippen LogP contribution < -0.4 is 10.1 Å². The number of fused-ring (bicyclic) bond motifs is 2. The van der Waals surface area contributed by atoms with Crippen LogP contribution in [0.1, 0.15) is 64.3 Å². The minimum atomic E-state index is -0.882. The second-order valence-electron chi connectivity index (χ2n) is 9.48. The lowest BCUT2D eigenvalue weighted by molar-refractivity contribution is 0.0696. The summed E-state index contributed by atoms with van der Waals surface area (Å²) in [6, 6.07) is 29.1. The Bertz CT molecular complexity index is 1360. The molecular weight excluding hydrogens is 470 g/mol. The van der Waals surface area contributed by atoms with Gasteiger partial charge in [-0.1, -0.05) is 72.8 Å². The summed E-state index contributed by atoms with van der Waals surface area (Å²) in [6.07, 6.45) is 1.75. The highest BCUT2D eigenvalue weighted by Gasteiger charge is 2.29. The van der Waals surface area contributed by atoms with Crippen LogP contribution in [0.3, 0.4) is 0 Å². The van der Waals surface area contributed by atoms with Crippen molar-refractivity contribution in [2.75, 3.05) is 6.54 Å². The summed E-state index contributed by atoms with van der Waals surface area (Å²) in [5.74, 6) is 0.125. The first-order chi connectivity index (χ1) is 17.0. The molecule has 0 saturated carbocycles. The summed E-state index contributed by atoms with van der Waals surface area (Å²) in [5, 5.41) is 15.9. The van der Waals surface area contributed by atoms with Gasteiger partial charge in [0.1, 0.15) is 11.9 Å². The maximum atomic E-state index is 11.7. The first-order valence-corrected chi connectivity index (χ1v) is 12.3. The van der Waals surface area contributed by atoms with Crippen molar-refractivity contribution in [1.82, 2.24) is 5.32 Å². The Hall–Kier alpha value is -3.34. The van der Waals surface area contributed by atoms with Crippen molar-refractivity contribution in [1.29, 1.82) is 0 Å². The summed E-state index contributed by atoms with van der Waals surface area (Å²) in [5.41, 5.74) is 4.61. The van der Waals surface area contributed by atoms with E-state index < -0.39 is 5.97 Å². The molecule has 0 spiro atoms. The number of benzene rings is 4. The fourth-order valence-corrected chi connectivity index (χ4v) is 5.27. The normalized spacial score (nSPS) is 17.5. The highest BCUT2D eigenvalue weighted by molar-refractivity contribution is 5.89. The van der Waals surface area contributed by atoms with Gasteiger partial charge in [-0.2, -0.15) is 0 Å². The zero-order chi connectivity index (χ0) is 24.4. The number of hydrogen-bond acceptors (Lipinski definition) is 3. The largest absolute Gasteiger partial charge is 0.490 e. The predicted octanol–water partition coefficient (Wildman–Crippen LogP) is 7.29. The third kappa shape index (κ3) is 5.25. The summed E-state index contributed by atoms with van der Waals surface area (Å²) in [6.45, 7) is 4.89. The Morgan fingerprint density at radius 3 is 2.61 bits per heavy atom. The van der Waals surface area contributed by atoms with Crippen LogP contribution in [-0.2, 0) is 0 Å². The molecule has 0 amide bonds. The number of rotatable bonds is 7. The number of carbonyl (C=O) groups is 1. The lowest BCUT2D eigenvalue weighted by Gasteiger charge is -2.33. The standard InChI is InChI=1S/C31H31NO3.ClH/c1-20-14-15-23(18-28(20)31(33)34)29-19-24(35-30-13-6-5-11-27(29)30)16-17-32-21(2)25-12-7-9-22-8-3-4-10-26(22)25;/h3-15,18,21,24,29,32H,16-17,19H2,1-2H3,(H,33,34);1H/t21-,24?,29?;/m1./s1. The van der Waals surface area contributed by atoms with Crippen LogP contribution in [0.2, 0.25) is 0 Å². The van der Waals surface area contributed by atoms with Crippen LogP contribution in [0, 0.1) is 6.92 Å². The van der Waals surface area contributed by atoms with Crippen LogP contribution in [-0.4, -0.2) is 23.7 Å². The minimum absolute atomic E-state index is 0. The number of carboxylic acids is 1. The van der Waals surface area contributed by atoms with E-state index in [1.165, 1.54) is 16.3 Å². The molecule has 1 heterocycles. The van der Waals surface area contributed by atoms with E-state index in [1.807, 2.05) is 37.3 Å². The second kappa shape index (κ2) is 11.2. The third-order valence-corrected chi connectivity index (χ3v) is 7.19. The lowest BCUT2D eigenvalue weighted by Crippen LogP contribution is -2.31. The number of carboxylic acid groups (broad SMARTS) is 1. The maximum absolute atomic E-state index is 11.7.